The third-order valence-corrected chi connectivity index (χ3v) is 10.5. The van der Waals surface area contributed by atoms with Gasteiger partial charge in [-0.2, -0.15) is 0 Å². The number of aliphatic carboxylic acids is 3. The molecule has 18 N–H and O–H groups in total. The predicted octanol–water partition coefficient (Wildman–Crippen LogP) is -3.36. The van der Waals surface area contributed by atoms with Crippen molar-refractivity contribution >= 4 is 65.2 Å². The zero-order valence-electron chi connectivity index (χ0n) is 39.4. The molecule has 0 aliphatic carbocycles. The molecule has 27 heteroatoms. The molecule has 8 atom stereocenters. The van der Waals surface area contributed by atoms with Crippen LogP contribution in [0.15, 0.2) is 36.8 Å². The maximum absolute atomic E-state index is 14.0. The van der Waals surface area contributed by atoms with Crippen molar-refractivity contribution in [1.82, 2.24) is 52.5 Å². The first-order valence-electron chi connectivity index (χ1n) is 22.2. The van der Waals surface area contributed by atoms with Gasteiger partial charge >= 0.3 is 17.9 Å². The van der Waals surface area contributed by atoms with Crippen LogP contribution in [0.1, 0.15) is 78.0 Å². The van der Waals surface area contributed by atoms with Crippen molar-refractivity contribution in [2.45, 2.75) is 128 Å². The van der Waals surface area contributed by atoms with E-state index >= 15 is 0 Å². The van der Waals surface area contributed by atoms with Gasteiger partial charge in [-0.3, -0.25) is 48.6 Å². The number of amides is 7. The summed E-state index contributed by atoms with van der Waals surface area (Å²) >= 11 is 0. The Kier molecular flexibility index (Phi) is 23.7. The quantitative estimate of drug-likeness (QED) is 0.0206. The topological polar surface area (TPSA) is 452 Å². The summed E-state index contributed by atoms with van der Waals surface area (Å²) in [6, 6.07) is -5.87. The number of nitrogens with one attached hydrogen (secondary N) is 10. The van der Waals surface area contributed by atoms with Crippen LogP contribution < -0.4 is 54.0 Å². The number of nitrogens with zero attached hydrogens (tertiary/aromatic N) is 1. The first-order valence-corrected chi connectivity index (χ1v) is 22.2. The number of nitrogens with two attached hydrogens (primary N) is 2. The molecule has 386 valence electrons. The Morgan fingerprint density at radius 2 is 1.16 bits per heavy atom. The number of aromatic hydroxyl groups is 1. The Balaban J connectivity index is 2.34. The van der Waals surface area contributed by atoms with E-state index in [0.29, 0.717) is 11.3 Å². The lowest BCUT2D eigenvalue weighted by Gasteiger charge is -2.29. The minimum Gasteiger partial charge on any atom is -0.508 e. The van der Waals surface area contributed by atoms with Crippen molar-refractivity contribution in [2.24, 2.45) is 23.3 Å². The van der Waals surface area contributed by atoms with E-state index in [-0.39, 0.29) is 50.4 Å². The fourth-order valence-corrected chi connectivity index (χ4v) is 6.54. The number of phenols is 1. The van der Waals surface area contributed by atoms with Gasteiger partial charge in [-0.1, -0.05) is 39.8 Å². The van der Waals surface area contributed by atoms with Crippen LogP contribution in [-0.2, 0) is 60.8 Å². The number of guanidine groups is 1. The number of hydrogen-bond acceptors (Lipinski definition) is 14. The molecule has 0 aliphatic rings. The van der Waals surface area contributed by atoms with Gasteiger partial charge in [0.2, 0.25) is 41.4 Å². The number of aromatic nitrogens is 2. The van der Waals surface area contributed by atoms with Gasteiger partial charge in [0.05, 0.1) is 24.5 Å². The highest BCUT2D eigenvalue weighted by Crippen LogP contribution is 2.14. The molecular formula is C43H65N13O14. The van der Waals surface area contributed by atoms with Crippen molar-refractivity contribution in [1.29, 1.82) is 5.41 Å². The van der Waals surface area contributed by atoms with E-state index in [1.807, 2.05) is 0 Å². The maximum atomic E-state index is 14.0. The average molecular weight is 988 g/mol. The van der Waals surface area contributed by atoms with Gasteiger partial charge in [0, 0.05) is 32.0 Å². The maximum Gasteiger partial charge on any atom is 0.326 e. The molecule has 2 aromatic rings. The fraction of sp³-hybridized carbons (Fsp3) is 0.535. The number of H-pyrrole nitrogens is 1. The molecular weight excluding hydrogens is 923 g/mol. The smallest absolute Gasteiger partial charge is 0.326 e. The highest BCUT2D eigenvalue weighted by Gasteiger charge is 2.36. The number of rotatable bonds is 30. The van der Waals surface area contributed by atoms with Gasteiger partial charge in [-0.05, 0) is 55.7 Å². The highest BCUT2D eigenvalue weighted by molar-refractivity contribution is 5.98. The number of aromatic amines is 1. The monoisotopic (exact) mass is 987 g/mol. The van der Waals surface area contributed by atoms with E-state index in [2.05, 4.69) is 52.5 Å². The Hall–Kier alpha value is -7.84. The van der Waals surface area contributed by atoms with Crippen molar-refractivity contribution in [3.63, 3.8) is 0 Å². The summed E-state index contributed by atoms with van der Waals surface area (Å²) in [6.07, 6.45) is 0.855. The van der Waals surface area contributed by atoms with E-state index in [1.54, 1.807) is 13.8 Å². The largest absolute Gasteiger partial charge is 0.508 e. The standard InChI is InChI=1S/C43H65N13O14/c1-20(2)33(40(67)53-28(15-23-8-10-25(57)11-9-23)39(66)56-34(21(3)4)41(68)54-30(42(69)70)17-32(60)61)55-35(62)22(5)50-38(65)29(16-24-18-47-19-49-24)52-37(64)27(7-6-14-48-43(45)46)51-36(63)26(44)12-13-31(58)59/h8-11,18-22,26-30,33-34,57H,6-7,12-17,44H2,1-5H3,(H,47,49)(H,50,65)(H,51,63)(H,52,64)(H,53,67)(H,54,68)(H,55,62)(H,56,66)(H,58,59)(H,60,61)(H,69,70)(H4,45,46,48)/t22-,26-,27-,28-,29-,30-,33-,34-/m0/s1. The number of carboxylic acids is 3. The van der Waals surface area contributed by atoms with Crippen LogP contribution >= 0.6 is 0 Å². The number of carbonyl (C=O) groups is 10. The Morgan fingerprint density at radius 3 is 1.67 bits per heavy atom. The van der Waals surface area contributed by atoms with Gasteiger partial charge in [-0.25, -0.2) is 9.78 Å². The number of benzene rings is 1. The van der Waals surface area contributed by atoms with E-state index in [9.17, 15) is 58.2 Å². The molecule has 1 heterocycles. The van der Waals surface area contributed by atoms with Gasteiger partial charge in [0.1, 0.15) is 48.0 Å². The van der Waals surface area contributed by atoms with Crippen LogP contribution in [0.2, 0.25) is 0 Å². The first kappa shape index (κ1) is 58.3. The predicted molar refractivity (Wildman–Crippen MR) is 247 cm³/mol. The van der Waals surface area contributed by atoms with Gasteiger partial charge in [0.25, 0.3) is 0 Å². The number of phenolic OH excluding ortho intramolecular Hbond substituents is 1. The van der Waals surface area contributed by atoms with Crippen molar-refractivity contribution < 1.29 is 68.4 Å². The van der Waals surface area contributed by atoms with Crippen molar-refractivity contribution in [3.05, 3.63) is 48.0 Å². The molecule has 0 unspecified atom stereocenters. The third kappa shape index (κ3) is 20.6. The Labute approximate surface area is 402 Å². The van der Waals surface area contributed by atoms with Gasteiger partial charge < -0.3 is 79.4 Å². The van der Waals surface area contributed by atoms with Gasteiger partial charge in [-0.15, -0.1) is 0 Å². The van der Waals surface area contributed by atoms with E-state index in [0.717, 1.165) is 0 Å². The zero-order chi connectivity index (χ0) is 52.8. The van der Waals surface area contributed by atoms with Crippen LogP contribution in [0.5, 0.6) is 5.75 Å². The number of carbonyl (C=O) groups excluding carboxylic acids is 7. The SMILES string of the molecule is CC(C)[C@H](NC(=O)[C@H](C)NC(=O)[C@H](Cc1c[nH]cn1)NC(=O)[C@H](CCCNC(=N)N)NC(=O)[C@@H](N)CCC(=O)O)C(=O)N[C@@H](Cc1ccc(O)cc1)C(=O)N[C@H](C(=O)N[C@@H](CC(=O)O)C(=O)O)C(C)C. The fourth-order valence-electron chi connectivity index (χ4n) is 6.54. The summed E-state index contributed by atoms with van der Waals surface area (Å²) in [5.74, 6) is -12.4. The molecule has 1 aromatic carbocycles. The molecule has 2 rings (SSSR count). The summed E-state index contributed by atoms with van der Waals surface area (Å²) in [5.41, 5.74) is 12.0. The molecule has 0 saturated carbocycles. The molecule has 27 nitrogen and oxygen atoms in total. The molecule has 70 heavy (non-hydrogen) atoms. The van der Waals surface area contributed by atoms with Gasteiger partial charge in [0.15, 0.2) is 5.96 Å². The molecule has 0 spiro atoms. The van der Waals surface area contributed by atoms with E-state index in [1.165, 1.54) is 57.6 Å². The Bertz CT molecular complexity index is 2150. The third-order valence-electron chi connectivity index (χ3n) is 10.5. The molecule has 0 fully saturated rings. The summed E-state index contributed by atoms with van der Waals surface area (Å²) in [5, 5.41) is 64.7. The second kappa shape index (κ2) is 28.5. The van der Waals surface area contributed by atoms with Crippen LogP contribution in [0.3, 0.4) is 0 Å². The second-order valence-electron chi connectivity index (χ2n) is 17.0. The lowest BCUT2D eigenvalue weighted by molar-refractivity contribution is -0.147. The number of carboxylic acid groups (broad SMARTS) is 3. The lowest BCUT2D eigenvalue weighted by Crippen LogP contribution is -2.61. The van der Waals surface area contributed by atoms with Crippen LogP contribution in [0, 0.1) is 17.2 Å². The summed E-state index contributed by atoms with van der Waals surface area (Å²) in [6.45, 7) is 7.64. The lowest BCUT2D eigenvalue weighted by atomic mass is 9.99. The minimum atomic E-state index is -1.83. The highest BCUT2D eigenvalue weighted by atomic mass is 16.4. The van der Waals surface area contributed by atoms with Crippen LogP contribution in [0.4, 0.5) is 0 Å². The number of imidazole rings is 1. The van der Waals surface area contributed by atoms with Crippen molar-refractivity contribution in [2.75, 3.05) is 6.54 Å². The van der Waals surface area contributed by atoms with E-state index < -0.39 is 132 Å². The molecule has 0 bridgehead atoms. The summed E-state index contributed by atoms with van der Waals surface area (Å²) in [7, 11) is 0. The zero-order valence-corrected chi connectivity index (χ0v) is 39.4. The van der Waals surface area contributed by atoms with Crippen molar-refractivity contribution in [3.8, 4) is 5.75 Å². The second-order valence-corrected chi connectivity index (χ2v) is 17.0. The molecule has 7 amide bonds. The van der Waals surface area contributed by atoms with Crippen LogP contribution in [-0.4, -0.2) is 150 Å². The average Bonchev–Trinajstić information content (AvgIpc) is 3.79. The summed E-state index contributed by atoms with van der Waals surface area (Å²) in [4.78, 5) is 136. The van der Waals surface area contributed by atoms with Crippen LogP contribution in [0.25, 0.3) is 0 Å². The Morgan fingerprint density at radius 1 is 0.643 bits per heavy atom. The number of hydrogen-bond donors (Lipinski definition) is 16. The minimum absolute atomic E-state index is 0.0510. The normalized spacial score (nSPS) is 14.5. The molecule has 0 aliphatic heterocycles. The first-order chi connectivity index (χ1) is 32.8. The van der Waals surface area contributed by atoms with E-state index in [4.69, 9.17) is 27.1 Å². The molecule has 0 saturated heterocycles. The molecule has 0 radical (unpaired) electrons. The molecule has 1 aromatic heterocycles. The summed E-state index contributed by atoms with van der Waals surface area (Å²) < 4.78 is 0.